The molecule has 0 aliphatic heterocycles. The third-order valence-electron chi connectivity index (χ3n) is 4.01. The van der Waals surface area contributed by atoms with Crippen molar-refractivity contribution in [1.29, 1.82) is 0 Å². The first-order chi connectivity index (χ1) is 11.7. The summed E-state index contributed by atoms with van der Waals surface area (Å²) in [5.41, 5.74) is 0. The number of benzene rings is 2. The molecule has 0 radical (unpaired) electrons. The van der Waals surface area contributed by atoms with Gasteiger partial charge in [-0.3, -0.25) is 0 Å². The third-order valence-corrected chi connectivity index (χ3v) is 16.0. The number of hydrogen-bond acceptors (Lipinski definition) is 4. The lowest BCUT2D eigenvalue weighted by Gasteiger charge is -2.42. The van der Waals surface area contributed by atoms with E-state index in [4.69, 9.17) is 17.7 Å². The van der Waals surface area contributed by atoms with Crippen molar-refractivity contribution in [1.82, 2.24) is 0 Å². The standard InChI is InChI=1S/C18H26O4Si2/c1-5-21-24(22-6-2,18-15-11-8-12-16-18)23(19-3,20-4)17-13-9-7-10-14-17/h7-16H,5-6H2,1-4H3. The van der Waals surface area contributed by atoms with Gasteiger partial charge >= 0.3 is 16.2 Å². The van der Waals surface area contributed by atoms with Gasteiger partial charge in [0.25, 0.3) is 0 Å². The fourth-order valence-electron chi connectivity index (χ4n) is 3.09. The lowest BCUT2D eigenvalue weighted by molar-refractivity contribution is 0.181. The molecule has 0 saturated heterocycles. The van der Waals surface area contributed by atoms with Gasteiger partial charge in [0.1, 0.15) is 0 Å². The molecule has 2 aromatic carbocycles. The molecule has 0 saturated carbocycles. The van der Waals surface area contributed by atoms with Gasteiger partial charge < -0.3 is 17.7 Å². The largest absolute Gasteiger partial charge is 0.423 e. The predicted molar refractivity (Wildman–Crippen MR) is 101 cm³/mol. The summed E-state index contributed by atoms with van der Waals surface area (Å²) in [7, 11) is -2.59. The molecule has 0 atom stereocenters. The molecule has 0 aliphatic carbocycles. The van der Waals surface area contributed by atoms with Crippen LogP contribution in [0.15, 0.2) is 60.7 Å². The first-order valence-corrected chi connectivity index (χ1v) is 12.8. The first kappa shape index (κ1) is 19.0. The van der Waals surface area contributed by atoms with Gasteiger partial charge in [-0.25, -0.2) is 0 Å². The Morgan fingerprint density at radius 2 is 1.00 bits per heavy atom. The van der Waals surface area contributed by atoms with Crippen LogP contribution in [0.25, 0.3) is 0 Å². The fourth-order valence-corrected chi connectivity index (χ4v) is 14.8. The van der Waals surface area contributed by atoms with E-state index >= 15 is 0 Å². The van der Waals surface area contributed by atoms with E-state index < -0.39 is 16.2 Å². The molecule has 6 heteroatoms. The van der Waals surface area contributed by atoms with Crippen LogP contribution in [0.4, 0.5) is 0 Å². The van der Waals surface area contributed by atoms with Crippen LogP contribution in [0.5, 0.6) is 0 Å². The molecule has 2 rings (SSSR count). The second kappa shape index (κ2) is 8.71. The average Bonchev–Trinajstić information content (AvgIpc) is 2.65. The highest BCUT2D eigenvalue weighted by Crippen LogP contribution is 2.24. The number of rotatable bonds is 9. The molecule has 0 spiro atoms. The van der Waals surface area contributed by atoms with Crippen LogP contribution in [-0.4, -0.2) is 43.6 Å². The van der Waals surface area contributed by atoms with Crippen LogP contribution in [0.1, 0.15) is 13.8 Å². The molecule has 0 amide bonds. The lowest BCUT2D eigenvalue weighted by Crippen LogP contribution is -2.81. The van der Waals surface area contributed by atoms with Gasteiger partial charge in [-0.1, -0.05) is 60.7 Å². The molecule has 24 heavy (non-hydrogen) atoms. The van der Waals surface area contributed by atoms with Crippen LogP contribution >= 0.6 is 0 Å². The monoisotopic (exact) mass is 362 g/mol. The van der Waals surface area contributed by atoms with E-state index in [-0.39, 0.29) is 0 Å². The summed E-state index contributed by atoms with van der Waals surface area (Å²) < 4.78 is 25.0. The normalized spacial score (nSPS) is 12.3. The van der Waals surface area contributed by atoms with Crippen LogP contribution < -0.4 is 10.4 Å². The van der Waals surface area contributed by atoms with E-state index in [0.717, 1.165) is 10.4 Å². The Balaban J connectivity index is 2.74. The Hall–Kier alpha value is -1.29. The van der Waals surface area contributed by atoms with E-state index in [1.54, 1.807) is 14.2 Å². The van der Waals surface area contributed by atoms with E-state index in [1.807, 2.05) is 62.4 Å². The quantitative estimate of drug-likeness (QED) is 0.641. The Labute approximate surface area is 146 Å². The zero-order valence-electron chi connectivity index (χ0n) is 14.8. The fraction of sp³-hybridized carbons (Fsp3) is 0.333. The van der Waals surface area contributed by atoms with Gasteiger partial charge in [-0.15, -0.1) is 0 Å². The maximum Gasteiger partial charge on any atom is 0.423 e. The summed E-state index contributed by atoms with van der Waals surface area (Å²) in [6, 6.07) is 20.2. The highest BCUT2D eigenvalue weighted by molar-refractivity contribution is 7.41. The summed E-state index contributed by atoms with van der Waals surface area (Å²) in [5.74, 6) is 0. The summed E-state index contributed by atoms with van der Waals surface area (Å²) >= 11 is 0. The van der Waals surface area contributed by atoms with Crippen LogP contribution in [0.2, 0.25) is 0 Å². The molecule has 130 valence electrons. The average molecular weight is 363 g/mol. The molecule has 2 aromatic rings. The van der Waals surface area contributed by atoms with Crippen molar-refractivity contribution >= 4 is 26.5 Å². The van der Waals surface area contributed by atoms with Gasteiger partial charge in [0.2, 0.25) is 0 Å². The third kappa shape index (κ3) is 3.26. The molecule has 0 fully saturated rings. The van der Waals surface area contributed by atoms with E-state index in [1.165, 1.54) is 0 Å². The zero-order chi connectivity index (χ0) is 17.5. The van der Waals surface area contributed by atoms with Crippen molar-refractivity contribution in [2.24, 2.45) is 0 Å². The molecule has 0 aliphatic rings. The van der Waals surface area contributed by atoms with Crippen molar-refractivity contribution in [3.63, 3.8) is 0 Å². The van der Waals surface area contributed by atoms with Gasteiger partial charge in [-0.05, 0) is 24.2 Å². The Morgan fingerprint density at radius 1 is 0.625 bits per heavy atom. The molecular formula is C18H26O4Si2. The molecule has 4 nitrogen and oxygen atoms in total. The molecule has 0 N–H and O–H groups in total. The topological polar surface area (TPSA) is 36.9 Å². The van der Waals surface area contributed by atoms with Crippen molar-refractivity contribution < 1.29 is 17.7 Å². The lowest BCUT2D eigenvalue weighted by atomic mass is 10.4. The molecular weight excluding hydrogens is 336 g/mol. The molecule has 0 aromatic heterocycles. The highest BCUT2D eigenvalue weighted by atomic mass is 29.3. The van der Waals surface area contributed by atoms with Crippen molar-refractivity contribution in [3.05, 3.63) is 60.7 Å². The predicted octanol–water partition coefficient (Wildman–Crippen LogP) is 2.13. The Bertz CT molecular complexity index is 597. The minimum atomic E-state index is -3.00. The van der Waals surface area contributed by atoms with Crippen LogP contribution in [0.3, 0.4) is 0 Å². The second-order valence-corrected chi connectivity index (χ2v) is 14.2. The highest BCUT2D eigenvalue weighted by Gasteiger charge is 2.66. The van der Waals surface area contributed by atoms with Gasteiger partial charge in [0, 0.05) is 27.4 Å². The minimum absolute atomic E-state index is 0.537. The van der Waals surface area contributed by atoms with E-state index in [9.17, 15) is 0 Å². The summed E-state index contributed by atoms with van der Waals surface area (Å²) in [6.45, 7) is 5.04. The van der Waals surface area contributed by atoms with Crippen molar-refractivity contribution in [3.8, 4) is 0 Å². The second-order valence-electron chi connectivity index (χ2n) is 5.24. The van der Waals surface area contributed by atoms with Gasteiger partial charge in [0.05, 0.1) is 0 Å². The Morgan fingerprint density at radius 3 is 1.33 bits per heavy atom. The molecule has 0 unspecified atom stereocenters. The SMILES string of the molecule is CCO[Si](OCC)(c1ccccc1)[Si](OC)(OC)c1ccccc1. The van der Waals surface area contributed by atoms with Gasteiger partial charge in [-0.2, -0.15) is 0 Å². The van der Waals surface area contributed by atoms with E-state index in [0.29, 0.717) is 13.2 Å². The summed E-state index contributed by atoms with van der Waals surface area (Å²) in [4.78, 5) is 0. The molecule has 0 bridgehead atoms. The van der Waals surface area contributed by atoms with Crippen LogP contribution in [0, 0.1) is 0 Å². The van der Waals surface area contributed by atoms with Crippen molar-refractivity contribution in [2.45, 2.75) is 13.8 Å². The van der Waals surface area contributed by atoms with Crippen LogP contribution in [-0.2, 0) is 17.7 Å². The number of hydrogen-bond donors (Lipinski definition) is 0. The maximum atomic E-state index is 6.39. The zero-order valence-corrected chi connectivity index (χ0v) is 16.8. The van der Waals surface area contributed by atoms with Gasteiger partial charge in [0.15, 0.2) is 0 Å². The summed E-state index contributed by atoms with van der Waals surface area (Å²) in [6.07, 6.45) is 0. The Kier molecular flexibility index (Phi) is 6.91. The van der Waals surface area contributed by atoms with Crippen molar-refractivity contribution in [2.75, 3.05) is 27.4 Å². The molecule has 0 heterocycles. The maximum absolute atomic E-state index is 6.39. The first-order valence-electron chi connectivity index (χ1n) is 8.20. The minimum Gasteiger partial charge on any atom is -0.393 e. The summed E-state index contributed by atoms with van der Waals surface area (Å²) in [5, 5.41) is 2.06. The smallest absolute Gasteiger partial charge is 0.393 e. The van der Waals surface area contributed by atoms with E-state index in [2.05, 4.69) is 12.1 Å².